The lowest BCUT2D eigenvalue weighted by atomic mass is 9.97. The van der Waals surface area contributed by atoms with Crippen molar-refractivity contribution in [3.05, 3.63) is 24.4 Å². The molecule has 7 heteroatoms. The highest BCUT2D eigenvalue weighted by Gasteiger charge is 2.28. The van der Waals surface area contributed by atoms with Crippen LogP contribution in [0.3, 0.4) is 0 Å². The molecule has 1 aliphatic heterocycles. The summed E-state index contributed by atoms with van der Waals surface area (Å²) in [6.45, 7) is 1.03. The highest BCUT2D eigenvalue weighted by Crippen LogP contribution is 2.21. The summed E-state index contributed by atoms with van der Waals surface area (Å²) in [4.78, 5) is 25.5. The third-order valence-electron chi connectivity index (χ3n) is 3.93. The normalized spacial score (nSPS) is 18.2. The fourth-order valence-corrected chi connectivity index (χ4v) is 2.75. The third kappa shape index (κ3) is 2.88. The highest BCUT2D eigenvalue weighted by atomic mass is 16.5. The Morgan fingerprint density at radius 1 is 1.45 bits per heavy atom. The number of nitrogens with zero attached hydrogens (tertiary/aromatic N) is 2. The van der Waals surface area contributed by atoms with Crippen molar-refractivity contribution in [3.8, 4) is 0 Å². The van der Waals surface area contributed by atoms with Gasteiger partial charge in [-0.05, 0) is 31.0 Å². The van der Waals surface area contributed by atoms with Gasteiger partial charge in [-0.1, -0.05) is 0 Å². The summed E-state index contributed by atoms with van der Waals surface area (Å²) in [5.41, 5.74) is 1.59. The number of aromatic amines is 1. The molecule has 1 unspecified atom stereocenters. The molecule has 116 valence electrons. The Hall–Kier alpha value is -2.57. The molecule has 2 aromatic rings. The van der Waals surface area contributed by atoms with Crippen molar-refractivity contribution in [1.82, 2.24) is 15.1 Å². The fraction of sp³-hybridized carbons (Fsp3) is 0.400. The van der Waals surface area contributed by atoms with E-state index in [1.165, 1.54) is 7.11 Å². The molecule has 0 aliphatic carbocycles. The molecule has 2 amide bonds. The number of rotatable bonds is 2. The van der Waals surface area contributed by atoms with E-state index in [0.717, 1.165) is 29.4 Å². The minimum Gasteiger partial charge on any atom is -0.453 e. The Morgan fingerprint density at radius 3 is 3.14 bits per heavy atom. The van der Waals surface area contributed by atoms with E-state index in [1.807, 2.05) is 18.2 Å². The molecule has 1 aromatic carbocycles. The summed E-state index contributed by atoms with van der Waals surface area (Å²) < 4.78 is 4.72. The van der Waals surface area contributed by atoms with Gasteiger partial charge in [0, 0.05) is 24.2 Å². The van der Waals surface area contributed by atoms with Crippen LogP contribution < -0.4 is 5.32 Å². The minimum absolute atomic E-state index is 0.0764. The van der Waals surface area contributed by atoms with Crippen LogP contribution in [0.15, 0.2) is 24.4 Å². The number of aromatic nitrogens is 2. The molecule has 1 aliphatic rings. The number of carbonyl (C=O) groups is 2. The highest BCUT2D eigenvalue weighted by molar-refractivity contribution is 5.95. The van der Waals surface area contributed by atoms with Gasteiger partial charge in [-0.3, -0.25) is 9.89 Å². The lowest BCUT2D eigenvalue weighted by Gasteiger charge is -2.30. The van der Waals surface area contributed by atoms with E-state index in [2.05, 4.69) is 15.5 Å². The van der Waals surface area contributed by atoms with Gasteiger partial charge in [-0.2, -0.15) is 5.10 Å². The summed E-state index contributed by atoms with van der Waals surface area (Å²) in [5, 5.41) is 10.7. The second-order valence-electron chi connectivity index (χ2n) is 5.42. The number of carbonyl (C=O) groups excluding carboxylic acids is 2. The largest absolute Gasteiger partial charge is 0.453 e. The maximum absolute atomic E-state index is 12.4. The third-order valence-corrected chi connectivity index (χ3v) is 3.93. The molecule has 1 aromatic heterocycles. The number of H-pyrrole nitrogens is 1. The van der Waals surface area contributed by atoms with Crippen LogP contribution in [0.5, 0.6) is 0 Å². The molecule has 1 atom stereocenters. The first-order valence-corrected chi connectivity index (χ1v) is 7.24. The average Bonchev–Trinajstić information content (AvgIpc) is 3.02. The standard InChI is InChI=1S/C15H18N4O3/c1-22-15(21)19-6-2-3-11(9-19)14(20)17-12-5-4-10-8-16-18-13(10)7-12/h4-5,7-8,11H,2-3,6,9H2,1H3,(H,16,18)(H,17,20). The molecule has 1 fully saturated rings. The molecule has 0 bridgehead atoms. The van der Waals surface area contributed by atoms with Gasteiger partial charge in [0.1, 0.15) is 0 Å². The van der Waals surface area contributed by atoms with Gasteiger partial charge >= 0.3 is 6.09 Å². The Labute approximate surface area is 127 Å². The Bertz CT molecular complexity index is 697. The number of nitrogens with one attached hydrogen (secondary N) is 2. The van der Waals surface area contributed by atoms with Crippen molar-refractivity contribution in [3.63, 3.8) is 0 Å². The SMILES string of the molecule is COC(=O)N1CCCC(C(=O)Nc2ccc3cn[nH]c3c2)C1. The van der Waals surface area contributed by atoms with Crippen LogP contribution in [0.4, 0.5) is 10.5 Å². The van der Waals surface area contributed by atoms with E-state index in [0.29, 0.717) is 13.1 Å². The number of hydrogen-bond donors (Lipinski definition) is 2. The Kier molecular flexibility index (Phi) is 3.95. The van der Waals surface area contributed by atoms with Gasteiger partial charge in [0.2, 0.25) is 5.91 Å². The predicted molar refractivity (Wildman–Crippen MR) is 81.4 cm³/mol. The van der Waals surface area contributed by atoms with Crippen LogP contribution in [0.25, 0.3) is 10.9 Å². The number of ether oxygens (including phenoxy) is 1. The number of piperidine rings is 1. The van der Waals surface area contributed by atoms with Gasteiger partial charge in [-0.15, -0.1) is 0 Å². The van der Waals surface area contributed by atoms with Crippen molar-refractivity contribution in [1.29, 1.82) is 0 Å². The van der Waals surface area contributed by atoms with Crippen molar-refractivity contribution in [2.75, 3.05) is 25.5 Å². The van der Waals surface area contributed by atoms with Crippen LogP contribution in [0.1, 0.15) is 12.8 Å². The molecule has 22 heavy (non-hydrogen) atoms. The van der Waals surface area contributed by atoms with Crippen LogP contribution in [-0.2, 0) is 9.53 Å². The number of amides is 2. The van der Waals surface area contributed by atoms with Crippen molar-refractivity contribution in [2.45, 2.75) is 12.8 Å². The summed E-state index contributed by atoms with van der Waals surface area (Å²) in [6, 6.07) is 5.59. The molecule has 1 saturated heterocycles. The van der Waals surface area contributed by atoms with Crippen LogP contribution in [0, 0.1) is 5.92 Å². The van der Waals surface area contributed by atoms with Crippen molar-refractivity contribution >= 4 is 28.6 Å². The quantitative estimate of drug-likeness (QED) is 0.888. The topological polar surface area (TPSA) is 87.3 Å². The molecule has 0 spiro atoms. The van der Waals surface area contributed by atoms with Gasteiger partial charge in [-0.25, -0.2) is 4.79 Å². The molecular weight excluding hydrogens is 284 g/mol. The lowest BCUT2D eigenvalue weighted by Crippen LogP contribution is -2.43. The maximum Gasteiger partial charge on any atom is 0.409 e. The molecule has 7 nitrogen and oxygen atoms in total. The van der Waals surface area contributed by atoms with Gasteiger partial charge in [0.05, 0.1) is 24.7 Å². The number of fused-ring (bicyclic) bond motifs is 1. The van der Waals surface area contributed by atoms with Gasteiger partial charge in [0.25, 0.3) is 0 Å². The number of benzene rings is 1. The van der Waals surface area contributed by atoms with E-state index >= 15 is 0 Å². The van der Waals surface area contributed by atoms with Crippen molar-refractivity contribution in [2.24, 2.45) is 5.92 Å². The zero-order valence-electron chi connectivity index (χ0n) is 12.3. The smallest absolute Gasteiger partial charge is 0.409 e. The number of hydrogen-bond acceptors (Lipinski definition) is 4. The van der Waals surface area contributed by atoms with E-state index in [4.69, 9.17) is 4.74 Å². The second-order valence-corrected chi connectivity index (χ2v) is 5.42. The molecule has 0 radical (unpaired) electrons. The first-order chi connectivity index (χ1) is 10.7. The summed E-state index contributed by atoms with van der Waals surface area (Å²) in [6.07, 6.45) is 2.92. The van der Waals surface area contributed by atoms with Crippen LogP contribution >= 0.6 is 0 Å². The number of anilines is 1. The van der Waals surface area contributed by atoms with Crippen molar-refractivity contribution < 1.29 is 14.3 Å². The summed E-state index contributed by atoms with van der Waals surface area (Å²) in [7, 11) is 1.35. The fourth-order valence-electron chi connectivity index (χ4n) is 2.75. The average molecular weight is 302 g/mol. The molecule has 0 saturated carbocycles. The van der Waals surface area contributed by atoms with Crippen LogP contribution in [-0.4, -0.2) is 47.3 Å². The molecule has 2 heterocycles. The molecular formula is C15H18N4O3. The minimum atomic E-state index is -0.378. The lowest BCUT2D eigenvalue weighted by molar-refractivity contribution is -0.121. The van der Waals surface area contributed by atoms with E-state index < -0.39 is 0 Å². The van der Waals surface area contributed by atoms with Gasteiger partial charge in [0.15, 0.2) is 0 Å². The zero-order valence-corrected chi connectivity index (χ0v) is 12.3. The summed E-state index contributed by atoms with van der Waals surface area (Å²) >= 11 is 0. The molecule has 3 rings (SSSR count). The first kappa shape index (κ1) is 14.4. The Morgan fingerprint density at radius 2 is 2.32 bits per heavy atom. The summed E-state index contributed by atoms with van der Waals surface area (Å²) in [5.74, 6) is -0.294. The monoisotopic (exact) mass is 302 g/mol. The number of methoxy groups -OCH3 is 1. The van der Waals surface area contributed by atoms with E-state index in [9.17, 15) is 9.59 Å². The molecule has 2 N–H and O–H groups in total. The maximum atomic E-state index is 12.4. The Balaban J connectivity index is 1.66. The zero-order chi connectivity index (χ0) is 15.5. The van der Waals surface area contributed by atoms with E-state index in [-0.39, 0.29) is 17.9 Å². The van der Waals surface area contributed by atoms with E-state index in [1.54, 1.807) is 11.1 Å². The van der Waals surface area contributed by atoms with Gasteiger partial charge < -0.3 is 15.0 Å². The first-order valence-electron chi connectivity index (χ1n) is 7.24. The number of likely N-dealkylation sites (tertiary alicyclic amines) is 1. The van der Waals surface area contributed by atoms with Crippen LogP contribution in [0.2, 0.25) is 0 Å². The predicted octanol–water partition coefficient (Wildman–Crippen LogP) is 1.98. The second kappa shape index (κ2) is 6.05.